The lowest BCUT2D eigenvalue weighted by Gasteiger charge is -2.08. The Balaban J connectivity index is 2.24. The van der Waals surface area contributed by atoms with Crippen molar-refractivity contribution in [1.29, 1.82) is 0 Å². The van der Waals surface area contributed by atoms with Crippen molar-refractivity contribution in [2.75, 3.05) is 19.0 Å². The van der Waals surface area contributed by atoms with Crippen LogP contribution < -0.4 is 0 Å². The summed E-state index contributed by atoms with van der Waals surface area (Å²) in [4.78, 5) is 15.3. The van der Waals surface area contributed by atoms with Crippen LogP contribution in [-0.4, -0.2) is 39.6 Å². The van der Waals surface area contributed by atoms with E-state index < -0.39 is 5.97 Å². The van der Waals surface area contributed by atoms with Gasteiger partial charge in [-0.05, 0) is 31.5 Å². The topological polar surface area (TPSA) is 64.3 Å². The van der Waals surface area contributed by atoms with Crippen LogP contribution in [0.3, 0.4) is 0 Å². The third-order valence-corrected chi connectivity index (χ3v) is 4.33. The van der Waals surface area contributed by atoms with Gasteiger partial charge in [-0.1, -0.05) is 27.7 Å². The monoisotopic (exact) mass is 372 g/mol. The number of carboxylic acid groups (broad SMARTS) is 1. The van der Waals surface area contributed by atoms with Gasteiger partial charge in [0, 0.05) is 24.2 Å². The summed E-state index contributed by atoms with van der Waals surface area (Å²) >= 11 is 4.71. The summed E-state index contributed by atoms with van der Waals surface area (Å²) in [5.74, 6) is -0.829. The molecule has 0 bridgehead atoms. The molecule has 21 heavy (non-hydrogen) atoms. The van der Waals surface area contributed by atoms with Gasteiger partial charge in [0.05, 0.1) is 16.8 Å². The average Bonchev–Trinajstić information content (AvgIpc) is 2.78. The van der Waals surface area contributed by atoms with E-state index in [0.29, 0.717) is 13.2 Å². The Hall–Kier alpha value is -1.05. The van der Waals surface area contributed by atoms with Crippen LogP contribution in [-0.2, 0) is 16.1 Å². The summed E-state index contributed by atoms with van der Waals surface area (Å²) in [5, 5.41) is 9.58. The molecule has 114 valence electrons. The Morgan fingerprint density at radius 2 is 2.33 bits per heavy atom. The van der Waals surface area contributed by atoms with E-state index in [1.54, 1.807) is 0 Å². The maximum Gasteiger partial charge on any atom is 0.313 e. The quantitative estimate of drug-likeness (QED) is 0.568. The first kappa shape index (κ1) is 16.3. The number of thioether (sulfide) groups is 1. The van der Waals surface area contributed by atoms with Gasteiger partial charge in [0.1, 0.15) is 0 Å². The Morgan fingerprint density at radius 3 is 3.05 bits per heavy atom. The summed E-state index contributed by atoms with van der Waals surface area (Å²) in [5.41, 5.74) is 1.89. The zero-order valence-corrected chi connectivity index (χ0v) is 14.1. The third kappa shape index (κ3) is 4.46. The van der Waals surface area contributed by atoms with Crippen molar-refractivity contribution in [3.05, 3.63) is 22.7 Å². The van der Waals surface area contributed by atoms with Crippen LogP contribution in [0.15, 0.2) is 27.8 Å². The molecule has 1 aromatic carbocycles. The molecule has 0 saturated carbocycles. The minimum atomic E-state index is -0.839. The molecule has 1 heterocycles. The molecule has 5 nitrogen and oxygen atoms in total. The first-order chi connectivity index (χ1) is 10.1. The lowest BCUT2D eigenvalue weighted by Crippen LogP contribution is -2.06. The first-order valence-electron chi connectivity index (χ1n) is 6.70. The number of carbonyl (C=O) groups is 1. The second kappa shape index (κ2) is 7.82. The van der Waals surface area contributed by atoms with Gasteiger partial charge in [0.25, 0.3) is 0 Å². The molecule has 1 aromatic heterocycles. The van der Waals surface area contributed by atoms with Crippen LogP contribution in [0.4, 0.5) is 0 Å². The van der Waals surface area contributed by atoms with E-state index in [4.69, 9.17) is 9.84 Å². The molecule has 2 aromatic rings. The molecule has 0 aliphatic carbocycles. The Bertz CT molecular complexity index is 630. The predicted octanol–water partition coefficient (Wildman–Crippen LogP) is 3.40. The third-order valence-electron chi connectivity index (χ3n) is 2.87. The van der Waals surface area contributed by atoms with Crippen LogP contribution in [0.5, 0.6) is 0 Å². The minimum absolute atomic E-state index is 0.00987. The molecular formula is C14H17BrN2O3S. The van der Waals surface area contributed by atoms with Crippen LogP contribution in [0.1, 0.15) is 13.3 Å². The SMILES string of the molecule is CCOCCCn1c(SCC(=O)O)nc2ccc(Br)cc21. The number of hydrogen-bond donors (Lipinski definition) is 1. The van der Waals surface area contributed by atoms with E-state index in [1.165, 1.54) is 11.8 Å². The number of aliphatic carboxylic acids is 1. The fourth-order valence-electron chi connectivity index (χ4n) is 2.00. The lowest BCUT2D eigenvalue weighted by atomic mass is 10.3. The second-order valence-electron chi connectivity index (χ2n) is 4.41. The molecule has 0 atom stereocenters. The zero-order valence-electron chi connectivity index (χ0n) is 11.7. The molecule has 0 saturated heterocycles. The molecule has 1 N–H and O–H groups in total. The second-order valence-corrected chi connectivity index (χ2v) is 6.27. The van der Waals surface area contributed by atoms with Crippen molar-refractivity contribution in [3.8, 4) is 0 Å². The molecule has 0 spiro atoms. The smallest absolute Gasteiger partial charge is 0.313 e. The maximum absolute atomic E-state index is 10.8. The Kier molecular flexibility index (Phi) is 6.08. The molecule has 0 unspecified atom stereocenters. The Labute approximate surface area is 135 Å². The highest BCUT2D eigenvalue weighted by Crippen LogP contribution is 2.26. The summed E-state index contributed by atoms with van der Waals surface area (Å²) < 4.78 is 8.41. The highest BCUT2D eigenvalue weighted by Gasteiger charge is 2.13. The molecule has 0 aliphatic heterocycles. The van der Waals surface area contributed by atoms with Gasteiger partial charge in [-0.2, -0.15) is 0 Å². The Morgan fingerprint density at radius 1 is 1.52 bits per heavy atom. The number of carboxylic acids is 1. The van der Waals surface area contributed by atoms with Crippen LogP contribution in [0.2, 0.25) is 0 Å². The number of nitrogens with zero attached hydrogens (tertiary/aromatic N) is 2. The summed E-state index contributed by atoms with van der Waals surface area (Å²) in [6.45, 7) is 4.12. The van der Waals surface area contributed by atoms with E-state index in [0.717, 1.165) is 33.6 Å². The van der Waals surface area contributed by atoms with Crippen molar-refractivity contribution in [2.24, 2.45) is 0 Å². The number of imidazole rings is 1. The average molecular weight is 373 g/mol. The van der Waals surface area contributed by atoms with E-state index >= 15 is 0 Å². The number of hydrogen-bond acceptors (Lipinski definition) is 4. The van der Waals surface area contributed by atoms with E-state index in [2.05, 4.69) is 25.5 Å². The van der Waals surface area contributed by atoms with Crippen molar-refractivity contribution >= 4 is 44.7 Å². The van der Waals surface area contributed by atoms with Gasteiger partial charge in [0.2, 0.25) is 0 Å². The summed E-state index contributed by atoms with van der Waals surface area (Å²) in [6, 6.07) is 5.88. The first-order valence-corrected chi connectivity index (χ1v) is 8.47. The fraction of sp³-hybridized carbons (Fsp3) is 0.429. The lowest BCUT2D eigenvalue weighted by molar-refractivity contribution is -0.133. The molecule has 2 rings (SSSR count). The van der Waals surface area contributed by atoms with E-state index in [1.807, 2.05) is 25.1 Å². The number of ether oxygens (including phenoxy) is 1. The van der Waals surface area contributed by atoms with Gasteiger partial charge in [-0.15, -0.1) is 0 Å². The van der Waals surface area contributed by atoms with Crippen LogP contribution in [0, 0.1) is 0 Å². The summed E-state index contributed by atoms with van der Waals surface area (Å²) in [7, 11) is 0. The van der Waals surface area contributed by atoms with Crippen molar-refractivity contribution < 1.29 is 14.6 Å². The van der Waals surface area contributed by atoms with Crippen molar-refractivity contribution in [2.45, 2.75) is 25.0 Å². The number of halogens is 1. The highest BCUT2D eigenvalue weighted by atomic mass is 79.9. The number of fused-ring (bicyclic) bond motifs is 1. The minimum Gasteiger partial charge on any atom is -0.481 e. The van der Waals surface area contributed by atoms with Crippen molar-refractivity contribution in [1.82, 2.24) is 9.55 Å². The standard InChI is InChI=1S/C14H17BrN2O3S/c1-2-20-7-3-6-17-12-8-10(15)4-5-11(12)16-14(17)21-9-13(18)19/h4-5,8H,2-3,6-7,9H2,1H3,(H,18,19). The molecular weight excluding hydrogens is 356 g/mol. The van der Waals surface area contributed by atoms with Crippen LogP contribution >= 0.6 is 27.7 Å². The fourth-order valence-corrected chi connectivity index (χ4v) is 3.11. The van der Waals surface area contributed by atoms with Gasteiger partial charge < -0.3 is 14.4 Å². The number of benzene rings is 1. The molecule has 0 fully saturated rings. The number of aromatic nitrogens is 2. The van der Waals surface area contributed by atoms with Gasteiger partial charge in [-0.25, -0.2) is 4.98 Å². The van der Waals surface area contributed by atoms with Gasteiger partial charge in [0.15, 0.2) is 5.16 Å². The highest BCUT2D eigenvalue weighted by molar-refractivity contribution is 9.10. The predicted molar refractivity (Wildman–Crippen MR) is 86.9 cm³/mol. The van der Waals surface area contributed by atoms with Crippen molar-refractivity contribution in [3.63, 3.8) is 0 Å². The van der Waals surface area contributed by atoms with E-state index in [9.17, 15) is 4.79 Å². The summed E-state index contributed by atoms with van der Waals surface area (Å²) in [6.07, 6.45) is 0.868. The largest absolute Gasteiger partial charge is 0.481 e. The van der Waals surface area contributed by atoms with Crippen LogP contribution in [0.25, 0.3) is 11.0 Å². The zero-order chi connectivity index (χ0) is 15.2. The van der Waals surface area contributed by atoms with E-state index in [-0.39, 0.29) is 5.75 Å². The maximum atomic E-state index is 10.8. The normalized spacial score (nSPS) is 11.1. The molecule has 0 radical (unpaired) electrons. The molecule has 7 heteroatoms. The number of aryl methyl sites for hydroxylation is 1. The molecule has 0 aliphatic rings. The number of rotatable bonds is 8. The molecule has 0 amide bonds. The van der Waals surface area contributed by atoms with Gasteiger partial charge >= 0.3 is 5.97 Å². The van der Waals surface area contributed by atoms with Gasteiger partial charge in [-0.3, -0.25) is 4.79 Å².